The lowest BCUT2D eigenvalue weighted by atomic mass is 9.66. The second-order valence-electron chi connectivity index (χ2n) is 11.4. The number of rotatable bonds is 19. The SMILES string of the molecule is CB(O)CC(=N)c1ccc(OCCCCn2c(C)c(C)n(CCCCOc3ccc(C(=N)C[B]C=O)cc3)c2=NC(=O)C(F)(F)F)cc1. The van der Waals surface area contributed by atoms with Gasteiger partial charge in [0.25, 0.3) is 6.92 Å². The van der Waals surface area contributed by atoms with Crippen LogP contribution in [0.2, 0.25) is 19.5 Å². The number of imidazole rings is 1. The van der Waals surface area contributed by atoms with Gasteiger partial charge in [-0.05, 0) is 112 Å². The lowest BCUT2D eigenvalue weighted by Gasteiger charge is -2.10. The van der Waals surface area contributed by atoms with Gasteiger partial charge in [-0.25, -0.2) is 0 Å². The van der Waals surface area contributed by atoms with Gasteiger partial charge in [0, 0.05) is 35.9 Å². The molecule has 15 heteroatoms. The molecule has 3 N–H and O–H groups in total. The van der Waals surface area contributed by atoms with E-state index in [4.69, 9.17) is 20.3 Å². The molecule has 0 spiro atoms. The van der Waals surface area contributed by atoms with Crippen LogP contribution < -0.4 is 15.1 Å². The van der Waals surface area contributed by atoms with Crippen LogP contribution in [0.15, 0.2) is 53.5 Å². The summed E-state index contributed by atoms with van der Waals surface area (Å²) >= 11 is 0. The topological polar surface area (TPSA) is 143 Å². The Morgan fingerprint density at radius 1 is 0.875 bits per heavy atom. The van der Waals surface area contributed by atoms with E-state index >= 15 is 0 Å². The third kappa shape index (κ3) is 11.4. The van der Waals surface area contributed by atoms with Gasteiger partial charge in [0.05, 0.1) is 19.4 Å². The van der Waals surface area contributed by atoms with Gasteiger partial charge in [-0.3, -0.25) is 4.79 Å². The van der Waals surface area contributed by atoms with Crippen LogP contribution in [-0.2, 0) is 22.7 Å². The molecule has 0 aliphatic rings. The van der Waals surface area contributed by atoms with Gasteiger partial charge >= 0.3 is 12.1 Å². The maximum Gasteiger partial charge on any atom is 0.473 e. The highest BCUT2D eigenvalue weighted by Crippen LogP contribution is 2.18. The van der Waals surface area contributed by atoms with Crippen LogP contribution in [0.4, 0.5) is 13.2 Å². The molecule has 3 rings (SSSR count). The maximum atomic E-state index is 13.2. The second-order valence-corrected chi connectivity index (χ2v) is 11.4. The predicted molar refractivity (Wildman–Crippen MR) is 180 cm³/mol. The Hall–Kier alpha value is -4.39. The summed E-state index contributed by atoms with van der Waals surface area (Å²) in [5.74, 6) is -0.933. The number of nitrogens with zero attached hydrogens (tertiary/aromatic N) is 3. The number of nitrogens with one attached hydrogen (secondary N) is 2. The van der Waals surface area contributed by atoms with Gasteiger partial charge in [0.1, 0.15) is 11.5 Å². The first-order valence-electron chi connectivity index (χ1n) is 15.8. The van der Waals surface area contributed by atoms with Gasteiger partial charge in [0.15, 0.2) is 0 Å². The van der Waals surface area contributed by atoms with Crippen molar-refractivity contribution >= 4 is 37.7 Å². The highest BCUT2D eigenvalue weighted by molar-refractivity contribution is 6.69. The Morgan fingerprint density at radius 2 is 1.33 bits per heavy atom. The molecular formula is C33H41B2F3N5O5. The number of carbonyl (C=O) groups excluding carboxylic acids is 2. The van der Waals surface area contributed by atoms with Gasteiger partial charge in [-0.2, -0.15) is 18.2 Å². The van der Waals surface area contributed by atoms with E-state index in [1.165, 1.54) is 7.28 Å². The molecule has 0 saturated carbocycles. The Bertz CT molecular complexity index is 1620. The number of hydrogen-bond donors (Lipinski definition) is 3. The van der Waals surface area contributed by atoms with Crippen LogP contribution in [0, 0.1) is 24.7 Å². The molecule has 1 radical (unpaired) electrons. The molecule has 0 atom stereocenters. The summed E-state index contributed by atoms with van der Waals surface area (Å²) in [5.41, 5.74) is 3.41. The van der Waals surface area contributed by atoms with E-state index in [2.05, 4.69) is 4.99 Å². The number of amides is 1. The predicted octanol–water partition coefficient (Wildman–Crippen LogP) is 5.28. The average molecular weight is 666 g/mol. The number of ether oxygens (including phenoxy) is 2. The fourth-order valence-corrected chi connectivity index (χ4v) is 4.97. The van der Waals surface area contributed by atoms with Crippen molar-refractivity contribution in [3.8, 4) is 11.5 Å². The smallest absolute Gasteiger partial charge is 0.473 e. The van der Waals surface area contributed by atoms with Crippen LogP contribution in [-0.4, -0.2) is 71.3 Å². The zero-order chi connectivity index (χ0) is 35.3. The van der Waals surface area contributed by atoms with Crippen molar-refractivity contribution in [1.29, 1.82) is 10.8 Å². The normalized spacial score (nSPS) is 11.7. The summed E-state index contributed by atoms with van der Waals surface area (Å²) in [6.45, 7) is 6.00. The summed E-state index contributed by atoms with van der Waals surface area (Å²) in [5, 5.41) is 25.5. The third-order valence-corrected chi connectivity index (χ3v) is 7.67. The molecule has 1 heterocycles. The monoisotopic (exact) mass is 666 g/mol. The molecule has 0 aliphatic carbocycles. The Labute approximate surface area is 279 Å². The van der Waals surface area contributed by atoms with Crippen LogP contribution in [0.3, 0.4) is 0 Å². The fourth-order valence-electron chi connectivity index (χ4n) is 4.97. The number of unbranched alkanes of at least 4 members (excludes halogenated alkanes) is 2. The number of benzene rings is 2. The van der Waals surface area contributed by atoms with E-state index in [1.54, 1.807) is 78.3 Å². The highest BCUT2D eigenvalue weighted by atomic mass is 19.4. The molecule has 48 heavy (non-hydrogen) atoms. The van der Waals surface area contributed by atoms with Crippen LogP contribution in [0.1, 0.15) is 48.2 Å². The Morgan fingerprint density at radius 3 is 1.75 bits per heavy atom. The van der Waals surface area contributed by atoms with Gasteiger partial charge in [-0.15, -0.1) is 0 Å². The molecule has 10 nitrogen and oxygen atoms in total. The van der Waals surface area contributed by atoms with Crippen LogP contribution >= 0.6 is 0 Å². The second kappa shape index (κ2) is 18.2. The van der Waals surface area contributed by atoms with Gasteiger partial charge < -0.3 is 39.2 Å². The van der Waals surface area contributed by atoms with Crippen molar-refractivity contribution in [2.45, 2.75) is 78.3 Å². The summed E-state index contributed by atoms with van der Waals surface area (Å²) in [4.78, 5) is 26.0. The minimum atomic E-state index is -5.10. The Kier molecular flexibility index (Phi) is 14.5. The summed E-state index contributed by atoms with van der Waals surface area (Å²) < 4.78 is 54.6. The fraction of sp³-hybridized carbons (Fsp3) is 0.424. The molecular weight excluding hydrogens is 625 g/mol. The molecule has 0 fully saturated rings. The zero-order valence-electron chi connectivity index (χ0n) is 27.5. The van der Waals surface area contributed by atoms with E-state index in [9.17, 15) is 27.8 Å². The molecule has 0 aliphatic heterocycles. The number of alkyl halides is 3. The minimum Gasteiger partial charge on any atom is -0.494 e. The van der Waals surface area contributed by atoms with E-state index in [1.807, 2.05) is 0 Å². The van der Waals surface area contributed by atoms with Gasteiger partial charge in [-0.1, -0.05) is 6.82 Å². The van der Waals surface area contributed by atoms with E-state index in [0.717, 1.165) is 0 Å². The first-order chi connectivity index (χ1) is 22.8. The van der Waals surface area contributed by atoms with Crippen molar-refractivity contribution in [1.82, 2.24) is 9.13 Å². The third-order valence-electron chi connectivity index (χ3n) is 7.67. The molecule has 255 valence electrons. The van der Waals surface area contributed by atoms with Crippen molar-refractivity contribution in [3.05, 3.63) is 76.7 Å². The number of hydrogen-bond acceptors (Lipinski definition) is 7. The highest BCUT2D eigenvalue weighted by Gasteiger charge is 2.39. The number of halogens is 3. The summed E-state index contributed by atoms with van der Waals surface area (Å²) in [6, 6.07) is 14.0. The van der Waals surface area contributed by atoms with Crippen molar-refractivity contribution < 1.29 is 37.3 Å². The lowest BCUT2D eigenvalue weighted by Crippen LogP contribution is -2.32. The first kappa shape index (κ1) is 38.1. The van der Waals surface area contributed by atoms with Crippen LogP contribution in [0.5, 0.6) is 11.5 Å². The average Bonchev–Trinajstić information content (AvgIpc) is 3.26. The van der Waals surface area contributed by atoms with E-state index in [0.29, 0.717) is 104 Å². The lowest BCUT2D eigenvalue weighted by molar-refractivity contribution is -0.169. The number of aromatic nitrogens is 2. The largest absolute Gasteiger partial charge is 0.494 e. The molecule has 1 amide bonds. The quantitative estimate of drug-likeness (QED) is 0.0691. The maximum absolute atomic E-state index is 13.2. The molecule has 2 aromatic carbocycles. The first-order valence-corrected chi connectivity index (χ1v) is 15.8. The Balaban J connectivity index is 1.58. The van der Waals surface area contributed by atoms with Crippen molar-refractivity contribution in [3.63, 3.8) is 0 Å². The van der Waals surface area contributed by atoms with Crippen LogP contribution in [0.25, 0.3) is 0 Å². The molecule has 3 aromatic rings. The summed E-state index contributed by atoms with van der Waals surface area (Å²) in [6.07, 6.45) is -1.62. The molecule has 1 aromatic heterocycles. The molecule has 0 saturated heterocycles. The molecule has 0 bridgehead atoms. The van der Waals surface area contributed by atoms with Gasteiger partial charge in [0.2, 0.25) is 12.9 Å². The number of carbonyl (C=O) groups is 2. The van der Waals surface area contributed by atoms with Crippen molar-refractivity contribution in [2.75, 3.05) is 13.2 Å². The van der Waals surface area contributed by atoms with E-state index < -0.39 is 19.0 Å². The zero-order valence-corrected chi connectivity index (χ0v) is 27.5. The van der Waals surface area contributed by atoms with Crippen molar-refractivity contribution in [2.24, 2.45) is 4.99 Å². The standard InChI is InChI=1S/C33H41B2F3N5O5/c1-23-24(2)43(17-5-7-19-48-28-14-10-26(11-15-28)30(40)21-35(3)46)32(41-31(45)33(36,37)38)42(23)16-4-6-18-47-27-12-8-25(9-13-27)29(39)20-34-22-44/h8-15,22,39-40,46H,4-7,16-21H2,1-3H3. The molecule has 0 unspecified atom stereocenters. The van der Waals surface area contributed by atoms with E-state index in [-0.39, 0.29) is 18.3 Å². The minimum absolute atomic E-state index is 0.0470. The summed E-state index contributed by atoms with van der Waals surface area (Å²) in [7, 11) is 1.37.